The summed E-state index contributed by atoms with van der Waals surface area (Å²) in [5.74, 6) is -0.467. The first-order valence-corrected chi connectivity index (χ1v) is 9.55. The first-order chi connectivity index (χ1) is 14.4. The zero-order valence-corrected chi connectivity index (χ0v) is 17.9. The Balaban J connectivity index is 2.24. The van der Waals surface area contributed by atoms with Crippen LogP contribution in [-0.2, 0) is 14.3 Å². The summed E-state index contributed by atoms with van der Waals surface area (Å²) in [4.78, 5) is 23.9. The maximum absolute atomic E-state index is 12.4. The van der Waals surface area contributed by atoms with Crippen LogP contribution in [0.25, 0.3) is 6.08 Å². The number of rotatable bonds is 8. The summed E-state index contributed by atoms with van der Waals surface area (Å²) in [5, 5.41) is 21.3. The molecule has 0 aliphatic carbocycles. The largest absolute Gasteiger partial charge is 0.508 e. The van der Waals surface area contributed by atoms with E-state index < -0.39 is 11.9 Å². The van der Waals surface area contributed by atoms with E-state index in [2.05, 4.69) is 21.2 Å². The predicted molar refractivity (Wildman–Crippen MR) is 113 cm³/mol. The molecule has 0 saturated heterocycles. The average molecular weight is 475 g/mol. The molecule has 0 unspecified atom stereocenters. The number of aromatic hydroxyl groups is 1. The van der Waals surface area contributed by atoms with Gasteiger partial charge in [0.05, 0.1) is 13.7 Å². The summed E-state index contributed by atoms with van der Waals surface area (Å²) in [7, 11) is 1.43. The SMILES string of the molecule is CCOC(=O)COc1cc(Br)c(/C=C(\C#N)C(=O)Nc2ccc(O)cc2)cc1OC. The number of ether oxygens (including phenoxy) is 3. The van der Waals surface area contributed by atoms with Crippen LogP contribution >= 0.6 is 15.9 Å². The van der Waals surface area contributed by atoms with Crippen LogP contribution in [0.15, 0.2) is 46.4 Å². The fourth-order valence-electron chi connectivity index (χ4n) is 2.32. The van der Waals surface area contributed by atoms with E-state index in [9.17, 15) is 20.0 Å². The number of esters is 1. The molecular formula is C21H19BrN2O6. The van der Waals surface area contributed by atoms with Crippen LogP contribution < -0.4 is 14.8 Å². The second-order valence-electron chi connectivity index (χ2n) is 5.79. The Morgan fingerprint density at radius 1 is 1.23 bits per heavy atom. The summed E-state index contributed by atoms with van der Waals surface area (Å²) >= 11 is 3.36. The second kappa shape index (κ2) is 10.9. The van der Waals surface area contributed by atoms with Crippen LogP contribution in [-0.4, -0.2) is 37.3 Å². The van der Waals surface area contributed by atoms with Crippen LogP contribution in [0, 0.1) is 11.3 Å². The zero-order valence-electron chi connectivity index (χ0n) is 16.3. The highest BCUT2D eigenvalue weighted by molar-refractivity contribution is 9.10. The van der Waals surface area contributed by atoms with E-state index in [4.69, 9.17) is 14.2 Å². The number of benzene rings is 2. The molecule has 2 aromatic rings. The lowest BCUT2D eigenvalue weighted by molar-refractivity contribution is -0.145. The number of nitrogens with zero attached hydrogens (tertiary/aromatic N) is 1. The third kappa shape index (κ3) is 6.25. The molecule has 156 valence electrons. The molecule has 2 N–H and O–H groups in total. The average Bonchev–Trinajstić information content (AvgIpc) is 2.73. The van der Waals surface area contributed by atoms with Gasteiger partial charge in [-0.15, -0.1) is 0 Å². The van der Waals surface area contributed by atoms with E-state index in [0.717, 1.165) is 0 Å². The molecule has 9 heteroatoms. The van der Waals surface area contributed by atoms with E-state index in [1.54, 1.807) is 19.1 Å². The van der Waals surface area contributed by atoms with Crippen LogP contribution in [0.2, 0.25) is 0 Å². The molecule has 0 heterocycles. The van der Waals surface area contributed by atoms with Crippen LogP contribution in [0.5, 0.6) is 17.2 Å². The molecule has 1 amide bonds. The molecule has 0 aliphatic rings. The van der Waals surface area contributed by atoms with Gasteiger partial charge in [-0.3, -0.25) is 4.79 Å². The van der Waals surface area contributed by atoms with Crippen LogP contribution in [0.1, 0.15) is 12.5 Å². The van der Waals surface area contributed by atoms with Gasteiger partial charge in [0.15, 0.2) is 18.1 Å². The monoisotopic (exact) mass is 474 g/mol. The van der Waals surface area contributed by atoms with Crippen molar-refractivity contribution < 1.29 is 28.9 Å². The highest BCUT2D eigenvalue weighted by Crippen LogP contribution is 2.34. The fraction of sp³-hybridized carbons (Fsp3) is 0.190. The molecule has 30 heavy (non-hydrogen) atoms. The smallest absolute Gasteiger partial charge is 0.344 e. The molecule has 0 saturated carbocycles. The lowest BCUT2D eigenvalue weighted by Gasteiger charge is -2.12. The number of phenols is 1. The topological polar surface area (TPSA) is 118 Å². The van der Waals surface area contributed by atoms with Gasteiger partial charge in [-0.25, -0.2) is 4.79 Å². The van der Waals surface area contributed by atoms with Gasteiger partial charge in [-0.05, 0) is 55.0 Å². The summed E-state index contributed by atoms with van der Waals surface area (Å²) in [5.41, 5.74) is 0.775. The van der Waals surface area contributed by atoms with E-state index in [0.29, 0.717) is 27.2 Å². The first-order valence-electron chi connectivity index (χ1n) is 8.76. The summed E-state index contributed by atoms with van der Waals surface area (Å²) in [6.07, 6.45) is 1.39. The van der Waals surface area contributed by atoms with Gasteiger partial charge in [0.2, 0.25) is 0 Å². The zero-order chi connectivity index (χ0) is 22.1. The van der Waals surface area contributed by atoms with Crippen molar-refractivity contribution in [3.63, 3.8) is 0 Å². The van der Waals surface area contributed by atoms with Crippen molar-refractivity contribution in [1.29, 1.82) is 5.26 Å². The molecule has 8 nitrogen and oxygen atoms in total. The van der Waals surface area contributed by atoms with E-state index in [1.165, 1.54) is 37.5 Å². The van der Waals surface area contributed by atoms with Crippen LogP contribution in [0.4, 0.5) is 5.69 Å². The van der Waals surface area contributed by atoms with Gasteiger partial charge < -0.3 is 24.6 Å². The Labute approximate surface area is 181 Å². The molecule has 0 spiro atoms. The van der Waals surface area contributed by atoms with Gasteiger partial charge in [0.1, 0.15) is 17.4 Å². The van der Waals surface area contributed by atoms with E-state index >= 15 is 0 Å². The number of amides is 1. The number of halogens is 1. The summed E-state index contributed by atoms with van der Waals surface area (Å²) in [6, 6.07) is 10.9. The number of nitrogens with one attached hydrogen (secondary N) is 1. The highest BCUT2D eigenvalue weighted by atomic mass is 79.9. The summed E-state index contributed by atoms with van der Waals surface area (Å²) in [6.45, 7) is 1.65. The maximum Gasteiger partial charge on any atom is 0.344 e. The lowest BCUT2D eigenvalue weighted by atomic mass is 10.1. The third-order valence-corrected chi connectivity index (χ3v) is 4.41. The minimum atomic E-state index is -0.614. The Hall–Kier alpha value is -3.51. The van der Waals surface area contributed by atoms with Crippen molar-refractivity contribution in [2.75, 3.05) is 25.6 Å². The Bertz CT molecular complexity index is 996. The number of carbonyl (C=O) groups is 2. The van der Waals surface area contributed by atoms with E-state index in [1.807, 2.05) is 6.07 Å². The van der Waals surface area contributed by atoms with Gasteiger partial charge in [-0.1, -0.05) is 15.9 Å². The molecule has 0 aliphatic heterocycles. The number of hydrogen-bond donors (Lipinski definition) is 2. The minimum absolute atomic E-state index is 0.0605. The molecule has 0 radical (unpaired) electrons. The Morgan fingerprint density at radius 3 is 2.53 bits per heavy atom. The fourth-order valence-corrected chi connectivity index (χ4v) is 2.76. The Kier molecular flexibility index (Phi) is 8.26. The molecule has 0 bridgehead atoms. The van der Waals surface area contributed by atoms with Gasteiger partial charge in [0, 0.05) is 10.2 Å². The quantitative estimate of drug-likeness (QED) is 0.259. The van der Waals surface area contributed by atoms with Gasteiger partial charge in [0.25, 0.3) is 5.91 Å². The first kappa shape index (κ1) is 22.8. The molecule has 0 aromatic heterocycles. The minimum Gasteiger partial charge on any atom is -0.508 e. The standard InChI is InChI=1S/C21H19BrN2O6/c1-3-29-20(26)12-30-19-10-17(22)13(9-18(19)28-2)8-14(11-23)21(27)24-15-4-6-16(25)7-5-15/h4-10,25H,3,12H2,1-2H3,(H,24,27)/b14-8+. The van der Waals surface area contributed by atoms with Gasteiger partial charge in [-0.2, -0.15) is 5.26 Å². The van der Waals surface area contributed by atoms with Crippen molar-refractivity contribution in [1.82, 2.24) is 0 Å². The number of anilines is 1. The molecular weight excluding hydrogens is 456 g/mol. The third-order valence-electron chi connectivity index (χ3n) is 3.72. The molecule has 0 atom stereocenters. The molecule has 2 rings (SSSR count). The van der Waals surface area contributed by atoms with Crippen molar-refractivity contribution in [2.45, 2.75) is 6.92 Å². The number of carbonyl (C=O) groups excluding carboxylic acids is 2. The lowest BCUT2D eigenvalue weighted by Crippen LogP contribution is -2.15. The number of methoxy groups -OCH3 is 1. The number of phenolic OH excluding ortho intramolecular Hbond substituents is 1. The number of nitriles is 1. The van der Waals surface area contributed by atoms with Crippen molar-refractivity contribution in [2.24, 2.45) is 0 Å². The van der Waals surface area contributed by atoms with Crippen molar-refractivity contribution in [3.8, 4) is 23.3 Å². The van der Waals surface area contributed by atoms with Crippen molar-refractivity contribution >= 4 is 39.6 Å². The summed E-state index contributed by atoms with van der Waals surface area (Å²) < 4.78 is 16.1. The highest BCUT2D eigenvalue weighted by Gasteiger charge is 2.15. The van der Waals surface area contributed by atoms with Crippen molar-refractivity contribution in [3.05, 3.63) is 52.0 Å². The normalized spacial score (nSPS) is 10.7. The second-order valence-corrected chi connectivity index (χ2v) is 6.64. The maximum atomic E-state index is 12.4. The molecule has 2 aromatic carbocycles. The van der Waals surface area contributed by atoms with Gasteiger partial charge >= 0.3 is 5.97 Å². The molecule has 0 fully saturated rings. The van der Waals surface area contributed by atoms with Crippen LogP contribution in [0.3, 0.4) is 0 Å². The predicted octanol–water partition coefficient (Wildman–Crippen LogP) is 3.65. The van der Waals surface area contributed by atoms with E-state index in [-0.39, 0.29) is 24.5 Å². The Morgan fingerprint density at radius 2 is 1.93 bits per heavy atom. The number of hydrogen-bond acceptors (Lipinski definition) is 7.